The van der Waals surface area contributed by atoms with Gasteiger partial charge in [0.05, 0.1) is 12.2 Å². The van der Waals surface area contributed by atoms with Crippen molar-refractivity contribution in [1.82, 2.24) is 14.5 Å². The van der Waals surface area contributed by atoms with E-state index < -0.39 is 0 Å². The van der Waals surface area contributed by atoms with Crippen LogP contribution in [0.3, 0.4) is 0 Å². The minimum atomic E-state index is -0.258. The molecular weight excluding hydrogens is 318 g/mol. The Hall–Kier alpha value is -2.34. The Labute approximate surface area is 147 Å². The van der Waals surface area contributed by atoms with Crippen LogP contribution in [-0.4, -0.2) is 40.1 Å². The van der Waals surface area contributed by atoms with Gasteiger partial charge in [0, 0.05) is 44.7 Å². The molecule has 0 bridgehead atoms. The fraction of sp³-hybridized carbons (Fsp3) is 0.474. The zero-order valence-corrected chi connectivity index (χ0v) is 14.6. The fourth-order valence-corrected chi connectivity index (χ4v) is 3.77. The van der Waals surface area contributed by atoms with Crippen molar-refractivity contribution in [3.8, 4) is 0 Å². The molecule has 1 amide bonds. The number of rotatable bonds is 3. The topological polar surface area (TPSA) is 60.5 Å². The van der Waals surface area contributed by atoms with Gasteiger partial charge >= 0.3 is 0 Å². The third-order valence-corrected chi connectivity index (χ3v) is 5.27. The van der Waals surface area contributed by atoms with E-state index in [2.05, 4.69) is 11.9 Å². The molecule has 6 nitrogen and oxygen atoms in total. The molecule has 4 heterocycles. The molecule has 2 aromatic heterocycles. The summed E-state index contributed by atoms with van der Waals surface area (Å²) in [7, 11) is 1.94. The average Bonchev–Trinajstić information content (AvgIpc) is 3.35. The van der Waals surface area contributed by atoms with Gasteiger partial charge in [0.15, 0.2) is 0 Å². The van der Waals surface area contributed by atoms with Crippen molar-refractivity contribution < 1.29 is 13.9 Å². The Morgan fingerprint density at radius 1 is 1.40 bits per heavy atom. The summed E-state index contributed by atoms with van der Waals surface area (Å²) in [5.41, 5.74) is 2.42. The molecule has 0 unspecified atom stereocenters. The molecule has 0 saturated carbocycles. The number of hydrogen-bond acceptors (Lipinski definition) is 4. The summed E-state index contributed by atoms with van der Waals surface area (Å²) >= 11 is 0. The summed E-state index contributed by atoms with van der Waals surface area (Å²) in [6.45, 7) is 4.07. The maximum absolute atomic E-state index is 13.2. The molecule has 0 N–H and O–H groups in total. The first-order chi connectivity index (χ1) is 12.1. The lowest BCUT2D eigenvalue weighted by molar-refractivity contribution is -0.137. The van der Waals surface area contributed by atoms with Gasteiger partial charge in [-0.3, -0.25) is 4.79 Å². The highest BCUT2D eigenvalue weighted by Gasteiger charge is 2.40. The first-order valence-corrected chi connectivity index (χ1v) is 8.75. The van der Waals surface area contributed by atoms with Crippen molar-refractivity contribution in [3.63, 3.8) is 0 Å². The number of carbonyl (C=O) groups is 1. The monoisotopic (exact) mass is 341 g/mol. The highest BCUT2D eigenvalue weighted by atomic mass is 16.5. The van der Waals surface area contributed by atoms with Gasteiger partial charge in [-0.2, -0.15) is 0 Å². The number of imidazole rings is 1. The zero-order valence-electron chi connectivity index (χ0n) is 14.6. The lowest BCUT2D eigenvalue weighted by atomic mass is 9.95. The van der Waals surface area contributed by atoms with Crippen LogP contribution in [0.25, 0.3) is 5.57 Å². The summed E-state index contributed by atoms with van der Waals surface area (Å²) in [6.07, 6.45) is 6.68. The molecule has 2 aromatic rings. The maximum Gasteiger partial charge on any atom is 0.229 e. The van der Waals surface area contributed by atoms with E-state index in [1.54, 1.807) is 12.5 Å². The molecule has 25 heavy (non-hydrogen) atoms. The van der Waals surface area contributed by atoms with E-state index in [1.807, 2.05) is 34.8 Å². The van der Waals surface area contributed by atoms with Crippen molar-refractivity contribution in [1.29, 1.82) is 0 Å². The second-order valence-electron chi connectivity index (χ2n) is 6.83. The summed E-state index contributed by atoms with van der Waals surface area (Å²) in [5, 5.41) is 0. The van der Waals surface area contributed by atoms with Gasteiger partial charge in [-0.1, -0.05) is 5.57 Å². The van der Waals surface area contributed by atoms with Crippen LogP contribution in [0, 0.1) is 5.92 Å². The minimum absolute atomic E-state index is 0.155. The van der Waals surface area contributed by atoms with E-state index in [9.17, 15) is 4.79 Å². The van der Waals surface area contributed by atoms with Crippen molar-refractivity contribution in [2.75, 3.05) is 19.7 Å². The number of aromatic nitrogens is 2. The van der Waals surface area contributed by atoms with Crippen LogP contribution < -0.4 is 0 Å². The van der Waals surface area contributed by atoms with Crippen molar-refractivity contribution in [2.24, 2.45) is 13.0 Å². The Morgan fingerprint density at radius 2 is 2.28 bits per heavy atom. The standard InChI is InChI=1S/C19H23N3O3/c1-13-5-8-22(12-15(13)16-4-3-10-24-16)19(23)14-6-11-25-17(14)18-20-7-9-21(18)2/h3-4,7,9-10,14,17H,5-6,8,11-12H2,1-2H3/t14-,17-/m1/s1. The normalized spacial score (nSPS) is 24.2. The number of carbonyl (C=O) groups excluding carboxylic acids is 1. The van der Waals surface area contributed by atoms with E-state index in [1.165, 1.54) is 5.57 Å². The van der Waals surface area contributed by atoms with Crippen LogP contribution in [0.5, 0.6) is 0 Å². The Balaban J connectivity index is 1.54. The highest BCUT2D eigenvalue weighted by molar-refractivity contribution is 5.83. The predicted octanol–water partition coefficient (Wildman–Crippen LogP) is 2.80. The third kappa shape index (κ3) is 2.91. The van der Waals surface area contributed by atoms with Crippen LogP contribution in [0.4, 0.5) is 0 Å². The second kappa shape index (κ2) is 6.52. The van der Waals surface area contributed by atoms with Crippen LogP contribution >= 0.6 is 0 Å². The van der Waals surface area contributed by atoms with Crippen molar-refractivity contribution in [2.45, 2.75) is 25.9 Å². The molecule has 2 aliphatic rings. The van der Waals surface area contributed by atoms with E-state index in [0.717, 1.165) is 36.5 Å². The molecule has 2 atom stereocenters. The Kier molecular flexibility index (Phi) is 4.21. The van der Waals surface area contributed by atoms with Crippen LogP contribution in [0.1, 0.15) is 37.5 Å². The number of hydrogen-bond donors (Lipinski definition) is 0. The SMILES string of the molecule is CC1=C(c2ccco2)CN(C(=O)[C@@H]2CCO[C@H]2c2nccn2C)CC1. The average molecular weight is 341 g/mol. The Morgan fingerprint density at radius 3 is 3.00 bits per heavy atom. The zero-order chi connectivity index (χ0) is 17.4. The molecule has 0 aromatic carbocycles. The van der Waals surface area contributed by atoms with Crippen molar-refractivity contribution >= 4 is 11.5 Å². The number of aryl methyl sites for hydroxylation is 1. The molecule has 4 rings (SSSR count). The van der Waals surface area contributed by atoms with Crippen LogP contribution in [0.15, 0.2) is 40.8 Å². The predicted molar refractivity (Wildman–Crippen MR) is 92.5 cm³/mol. The van der Waals surface area contributed by atoms with Crippen LogP contribution in [0.2, 0.25) is 0 Å². The number of furan rings is 1. The van der Waals surface area contributed by atoms with Gasteiger partial charge in [-0.15, -0.1) is 0 Å². The molecule has 0 radical (unpaired) electrons. The largest absolute Gasteiger partial charge is 0.465 e. The first-order valence-electron chi connectivity index (χ1n) is 8.75. The summed E-state index contributed by atoms with van der Waals surface area (Å²) in [6, 6.07) is 3.85. The molecule has 2 aliphatic heterocycles. The van der Waals surface area contributed by atoms with E-state index >= 15 is 0 Å². The van der Waals surface area contributed by atoms with Gasteiger partial charge in [0.1, 0.15) is 17.7 Å². The lowest BCUT2D eigenvalue weighted by Crippen LogP contribution is -2.41. The van der Waals surface area contributed by atoms with E-state index in [0.29, 0.717) is 13.2 Å². The summed E-state index contributed by atoms with van der Waals surface area (Å²) < 4.78 is 13.4. The number of ether oxygens (including phenoxy) is 1. The lowest BCUT2D eigenvalue weighted by Gasteiger charge is -2.32. The summed E-state index contributed by atoms with van der Waals surface area (Å²) in [5.74, 6) is 1.67. The molecule has 132 valence electrons. The quantitative estimate of drug-likeness (QED) is 0.861. The molecular formula is C19H23N3O3. The van der Waals surface area contributed by atoms with Gasteiger partial charge in [0.2, 0.25) is 5.91 Å². The maximum atomic E-state index is 13.2. The van der Waals surface area contributed by atoms with E-state index in [-0.39, 0.29) is 17.9 Å². The summed E-state index contributed by atoms with van der Waals surface area (Å²) in [4.78, 5) is 19.5. The van der Waals surface area contributed by atoms with Gasteiger partial charge in [-0.25, -0.2) is 4.98 Å². The highest BCUT2D eigenvalue weighted by Crippen LogP contribution is 2.36. The fourth-order valence-electron chi connectivity index (χ4n) is 3.77. The molecule has 0 aliphatic carbocycles. The molecule has 6 heteroatoms. The van der Waals surface area contributed by atoms with Gasteiger partial charge in [-0.05, 0) is 31.9 Å². The van der Waals surface area contributed by atoms with Gasteiger partial charge in [0.25, 0.3) is 0 Å². The van der Waals surface area contributed by atoms with E-state index in [4.69, 9.17) is 9.15 Å². The smallest absolute Gasteiger partial charge is 0.229 e. The molecule has 1 fully saturated rings. The minimum Gasteiger partial charge on any atom is -0.465 e. The second-order valence-corrected chi connectivity index (χ2v) is 6.83. The first kappa shape index (κ1) is 16.1. The van der Waals surface area contributed by atoms with Gasteiger partial charge < -0.3 is 18.6 Å². The molecule has 0 spiro atoms. The molecule has 1 saturated heterocycles. The Bertz CT molecular complexity index is 791. The van der Waals surface area contributed by atoms with Crippen molar-refractivity contribution in [3.05, 3.63) is 47.9 Å². The number of amides is 1. The third-order valence-electron chi connectivity index (χ3n) is 5.27. The number of nitrogens with zero attached hydrogens (tertiary/aromatic N) is 3. The van der Waals surface area contributed by atoms with Crippen LogP contribution in [-0.2, 0) is 16.6 Å².